The standard InChI is InChI=1S/C15H15ClO3S/c1-12-5-7-15(8-6-12)20(17,18)19-10-9-13-3-2-4-14(16)11-13/h2-8,11H,9-10H2,1H3. The van der Waals surface area contributed by atoms with E-state index in [1.54, 1.807) is 36.4 Å². The first-order valence-corrected chi connectivity index (χ1v) is 7.96. The van der Waals surface area contributed by atoms with Crippen molar-refractivity contribution in [3.63, 3.8) is 0 Å². The Morgan fingerprint density at radius 1 is 1.10 bits per heavy atom. The van der Waals surface area contributed by atoms with Gasteiger partial charge < -0.3 is 0 Å². The highest BCUT2D eigenvalue weighted by molar-refractivity contribution is 7.86. The van der Waals surface area contributed by atoms with Crippen molar-refractivity contribution in [3.8, 4) is 0 Å². The third-order valence-electron chi connectivity index (χ3n) is 2.83. The van der Waals surface area contributed by atoms with Crippen molar-refractivity contribution in [3.05, 3.63) is 64.7 Å². The molecule has 0 unspecified atom stereocenters. The molecule has 5 heteroatoms. The SMILES string of the molecule is Cc1ccc(S(=O)(=O)OCCc2cccc(Cl)c2)cc1. The van der Waals surface area contributed by atoms with Crippen LogP contribution in [0, 0.1) is 6.92 Å². The van der Waals surface area contributed by atoms with Crippen LogP contribution in [-0.2, 0) is 20.7 Å². The Morgan fingerprint density at radius 2 is 1.80 bits per heavy atom. The monoisotopic (exact) mass is 310 g/mol. The van der Waals surface area contributed by atoms with Crippen LogP contribution in [0.25, 0.3) is 0 Å². The van der Waals surface area contributed by atoms with Gasteiger partial charge >= 0.3 is 0 Å². The van der Waals surface area contributed by atoms with Crippen LogP contribution >= 0.6 is 11.6 Å². The Balaban J connectivity index is 1.98. The molecule has 0 saturated heterocycles. The molecule has 0 atom stereocenters. The Labute approximate surface area is 124 Å². The Kier molecular flexibility index (Phi) is 4.81. The maximum Gasteiger partial charge on any atom is 0.296 e. The smallest absolute Gasteiger partial charge is 0.266 e. The second-order valence-electron chi connectivity index (χ2n) is 4.47. The highest BCUT2D eigenvalue weighted by Gasteiger charge is 2.14. The molecule has 0 aliphatic heterocycles. The first-order chi connectivity index (χ1) is 9.47. The van der Waals surface area contributed by atoms with Crippen LogP contribution in [0.15, 0.2) is 53.4 Å². The largest absolute Gasteiger partial charge is 0.296 e. The number of hydrogen-bond acceptors (Lipinski definition) is 3. The predicted octanol–water partition coefficient (Wildman–Crippen LogP) is 3.60. The fourth-order valence-electron chi connectivity index (χ4n) is 1.73. The quantitative estimate of drug-likeness (QED) is 0.793. The van der Waals surface area contributed by atoms with Gasteiger partial charge in [0.2, 0.25) is 0 Å². The van der Waals surface area contributed by atoms with Gasteiger partial charge in [-0.1, -0.05) is 41.4 Å². The minimum Gasteiger partial charge on any atom is -0.266 e. The second kappa shape index (κ2) is 6.39. The number of aryl methyl sites for hydroxylation is 1. The van der Waals surface area contributed by atoms with Crippen molar-refractivity contribution in [2.24, 2.45) is 0 Å². The van der Waals surface area contributed by atoms with Gasteiger partial charge in [0.05, 0.1) is 11.5 Å². The molecule has 0 radical (unpaired) electrons. The highest BCUT2D eigenvalue weighted by Crippen LogP contribution is 2.15. The van der Waals surface area contributed by atoms with E-state index in [-0.39, 0.29) is 11.5 Å². The van der Waals surface area contributed by atoms with Crippen LogP contribution in [0.1, 0.15) is 11.1 Å². The first kappa shape index (κ1) is 15.0. The minimum absolute atomic E-state index is 0.0938. The van der Waals surface area contributed by atoms with Crippen molar-refractivity contribution < 1.29 is 12.6 Å². The first-order valence-electron chi connectivity index (χ1n) is 6.18. The molecule has 106 valence electrons. The fourth-order valence-corrected chi connectivity index (χ4v) is 2.86. The van der Waals surface area contributed by atoms with Crippen LogP contribution in [0.4, 0.5) is 0 Å². The molecule has 2 aromatic carbocycles. The summed E-state index contributed by atoms with van der Waals surface area (Å²) in [5.41, 5.74) is 1.94. The van der Waals surface area contributed by atoms with Crippen LogP contribution in [0.3, 0.4) is 0 Å². The predicted molar refractivity (Wildman–Crippen MR) is 79.5 cm³/mol. The van der Waals surface area contributed by atoms with Gasteiger partial charge in [0.25, 0.3) is 10.1 Å². The number of benzene rings is 2. The van der Waals surface area contributed by atoms with E-state index >= 15 is 0 Å². The summed E-state index contributed by atoms with van der Waals surface area (Å²) in [5.74, 6) is 0. The number of hydrogen-bond donors (Lipinski definition) is 0. The lowest BCUT2D eigenvalue weighted by Crippen LogP contribution is -2.09. The zero-order valence-electron chi connectivity index (χ0n) is 11.0. The molecule has 0 bridgehead atoms. The fraction of sp³-hybridized carbons (Fsp3) is 0.200. The van der Waals surface area contributed by atoms with E-state index in [9.17, 15) is 8.42 Å². The normalized spacial score (nSPS) is 11.5. The van der Waals surface area contributed by atoms with E-state index < -0.39 is 10.1 Å². The molecular formula is C15H15ClO3S. The van der Waals surface area contributed by atoms with Gasteiger partial charge in [-0.3, -0.25) is 4.18 Å². The van der Waals surface area contributed by atoms with Crippen LogP contribution < -0.4 is 0 Å². The van der Waals surface area contributed by atoms with Gasteiger partial charge in [-0.25, -0.2) is 0 Å². The van der Waals surface area contributed by atoms with E-state index in [2.05, 4.69) is 0 Å². The highest BCUT2D eigenvalue weighted by atomic mass is 35.5. The van der Waals surface area contributed by atoms with Crippen LogP contribution in [0.5, 0.6) is 0 Å². The second-order valence-corrected chi connectivity index (χ2v) is 6.52. The zero-order chi connectivity index (χ0) is 14.6. The number of halogens is 1. The summed E-state index contributed by atoms with van der Waals surface area (Å²) in [5, 5.41) is 0.629. The average Bonchev–Trinajstić information content (AvgIpc) is 2.39. The topological polar surface area (TPSA) is 43.4 Å². The molecule has 20 heavy (non-hydrogen) atoms. The molecule has 2 rings (SSSR count). The van der Waals surface area contributed by atoms with Gasteiger partial charge in [0.15, 0.2) is 0 Å². The lowest BCUT2D eigenvalue weighted by atomic mass is 10.2. The molecule has 0 fully saturated rings. The van der Waals surface area contributed by atoms with Gasteiger partial charge in [-0.05, 0) is 43.2 Å². The maximum atomic E-state index is 12.0. The van der Waals surface area contributed by atoms with E-state index in [4.69, 9.17) is 15.8 Å². The summed E-state index contributed by atoms with van der Waals surface area (Å²) >= 11 is 5.87. The zero-order valence-corrected chi connectivity index (χ0v) is 12.6. The lowest BCUT2D eigenvalue weighted by Gasteiger charge is -2.06. The molecule has 0 N–H and O–H groups in total. The lowest BCUT2D eigenvalue weighted by molar-refractivity contribution is 0.322. The number of rotatable bonds is 5. The molecule has 0 aliphatic carbocycles. The van der Waals surface area contributed by atoms with Crippen molar-refractivity contribution in [2.45, 2.75) is 18.2 Å². The molecule has 0 heterocycles. The van der Waals surface area contributed by atoms with Crippen molar-refractivity contribution >= 4 is 21.7 Å². The van der Waals surface area contributed by atoms with Gasteiger partial charge in [0, 0.05) is 5.02 Å². The van der Waals surface area contributed by atoms with Crippen LogP contribution in [-0.4, -0.2) is 15.0 Å². The Morgan fingerprint density at radius 3 is 2.45 bits per heavy atom. The van der Waals surface area contributed by atoms with Gasteiger partial charge in [0.1, 0.15) is 0 Å². The van der Waals surface area contributed by atoms with Crippen molar-refractivity contribution in [2.75, 3.05) is 6.61 Å². The summed E-state index contributed by atoms with van der Waals surface area (Å²) in [7, 11) is -3.69. The Hall–Kier alpha value is -1.36. The van der Waals surface area contributed by atoms with Gasteiger partial charge in [-0.15, -0.1) is 0 Å². The molecule has 0 spiro atoms. The van der Waals surface area contributed by atoms with E-state index in [1.807, 2.05) is 19.1 Å². The minimum atomic E-state index is -3.69. The third-order valence-corrected chi connectivity index (χ3v) is 4.39. The van der Waals surface area contributed by atoms with E-state index in [1.165, 1.54) is 0 Å². The maximum absolute atomic E-state index is 12.0. The summed E-state index contributed by atoms with van der Waals surface area (Å²) in [4.78, 5) is 0.175. The summed E-state index contributed by atoms with van der Waals surface area (Å²) in [6.45, 7) is 1.99. The molecule has 3 nitrogen and oxygen atoms in total. The van der Waals surface area contributed by atoms with Crippen LogP contribution in [0.2, 0.25) is 5.02 Å². The molecule has 0 amide bonds. The molecule has 2 aromatic rings. The third kappa shape index (κ3) is 4.07. The summed E-state index contributed by atoms with van der Waals surface area (Å²) < 4.78 is 28.9. The molecule has 0 aliphatic rings. The average molecular weight is 311 g/mol. The Bertz CT molecular complexity index is 679. The molecular weight excluding hydrogens is 296 g/mol. The van der Waals surface area contributed by atoms with E-state index in [0.29, 0.717) is 11.4 Å². The summed E-state index contributed by atoms with van der Waals surface area (Å²) in [6, 6.07) is 13.9. The molecule has 0 saturated carbocycles. The van der Waals surface area contributed by atoms with Gasteiger partial charge in [-0.2, -0.15) is 8.42 Å². The van der Waals surface area contributed by atoms with E-state index in [0.717, 1.165) is 11.1 Å². The van der Waals surface area contributed by atoms with Crippen molar-refractivity contribution in [1.29, 1.82) is 0 Å². The molecule has 0 aromatic heterocycles. The van der Waals surface area contributed by atoms with Crippen molar-refractivity contribution in [1.82, 2.24) is 0 Å². The summed E-state index contributed by atoms with van der Waals surface area (Å²) in [6.07, 6.45) is 0.492.